The first-order chi connectivity index (χ1) is 15.9. The Hall–Kier alpha value is -3.17. The Labute approximate surface area is 209 Å². The van der Waals surface area contributed by atoms with E-state index in [1.807, 2.05) is 25.1 Å². The van der Waals surface area contributed by atoms with Gasteiger partial charge in [-0.3, -0.25) is 0 Å². The Kier molecular flexibility index (Phi) is 6.80. The van der Waals surface area contributed by atoms with Gasteiger partial charge in [0.05, 0.1) is 17.7 Å². The molecule has 0 saturated carbocycles. The van der Waals surface area contributed by atoms with Gasteiger partial charge in [0, 0.05) is 9.13 Å². The van der Waals surface area contributed by atoms with Crippen molar-refractivity contribution in [2.45, 2.75) is 6.92 Å². The SMILES string of the molecule is COc1cc(/C=C2\N=C(c3ccc(I)c(C)c3)OC2=O)ccc1OC(=O)c1ccccc1Cl. The third kappa shape index (κ3) is 5.09. The van der Waals surface area contributed by atoms with Crippen LogP contribution in [0.15, 0.2) is 71.4 Å². The lowest BCUT2D eigenvalue weighted by Gasteiger charge is -2.10. The average Bonchev–Trinajstić information content (AvgIpc) is 3.16. The second kappa shape index (κ2) is 9.76. The zero-order valence-corrected chi connectivity index (χ0v) is 20.5. The van der Waals surface area contributed by atoms with Crippen molar-refractivity contribution in [2.24, 2.45) is 4.99 Å². The van der Waals surface area contributed by atoms with Crippen molar-refractivity contribution >= 4 is 58.1 Å². The largest absolute Gasteiger partial charge is 0.493 e. The van der Waals surface area contributed by atoms with Crippen LogP contribution in [-0.4, -0.2) is 24.9 Å². The minimum atomic E-state index is -0.605. The summed E-state index contributed by atoms with van der Waals surface area (Å²) < 4.78 is 17.3. The number of ether oxygens (including phenoxy) is 3. The number of carbonyl (C=O) groups excluding carboxylic acids is 2. The van der Waals surface area contributed by atoms with Crippen molar-refractivity contribution in [3.8, 4) is 11.5 Å². The number of methoxy groups -OCH3 is 1. The summed E-state index contributed by atoms with van der Waals surface area (Å²) in [4.78, 5) is 29.2. The highest BCUT2D eigenvalue weighted by Gasteiger charge is 2.24. The molecule has 1 aliphatic rings. The van der Waals surface area contributed by atoms with Crippen LogP contribution in [0, 0.1) is 10.5 Å². The van der Waals surface area contributed by atoms with E-state index in [4.69, 9.17) is 25.8 Å². The summed E-state index contributed by atoms with van der Waals surface area (Å²) >= 11 is 8.31. The minimum Gasteiger partial charge on any atom is -0.493 e. The van der Waals surface area contributed by atoms with E-state index in [1.54, 1.807) is 48.5 Å². The fourth-order valence-electron chi connectivity index (χ4n) is 3.11. The number of benzene rings is 3. The van der Waals surface area contributed by atoms with Crippen LogP contribution in [0.2, 0.25) is 5.02 Å². The topological polar surface area (TPSA) is 74.2 Å². The van der Waals surface area contributed by atoms with Gasteiger partial charge in [0.1, 0.15) is 0 Å². The summed E-state index contributed by atoms with van der Waals surface area (Å²) in [6.45, 7) is 1.98. The molecule has 33 heavy (non-hydrogen) atoms. The van der Waals surface area contributed by atoms with Gasteiger partial charge in [-0.25, -0.2) is 14.6 Å². The Balaban J connectivity index is 1.59. The second-order valence-electron chi connectivity index (χ2n) is 7.08. The molecule has 0 atom stereocenters. The molecule has 0 bridgehead atoms. The standard InChI is InChI=1S/C25H17ClINO5/c1-14-11-16(8-9-19(14)27)23-28-20(25(30)33-23)12-15-7-10-21(22(13-15)31-2)32-24(29)17-5-3-4-6-18(17)26/h3-13H,1-2H3/b20-12-. The molecule has 0 spiro atoms. The van der Waals surface area contributed by atoms with E-state index in [2.05, 4.69) is 27.6 Å². The fourth-order valence-corrected chi connectivity index (χ4v) is 3.66. The number of esters is 2. The molecule has 0 N–H and O–H groups in total. The first-order valence-corrected chi connectivity index (χ1v) is 11.2. The molecule has 0 saturated heterocycles. The number of hydrogen-bond donors (Lipinski definition) is 0. The number of carbonyl (C=O) groups is 2. The maximum Gasteiger partial charge on any atom is 0.363 e. The molecule has 3 aromatic carbocycles. The van der Waals surface area contributed by atoms with E-state index < -0.39 is 11.9 Å². The lowest BCUT2D eigenvalue weighted by atomic mass is 10.1. The molecule has 0 aromatic heterocycles. The zero-order chi connectivity index (χ0) is 23.5. The number of rotatable bonds is 5. The molecule has 0 radical (unpaired) electrons. The zero-order valence-electron chi connectivity index (χ0n) is 17.6. The van der Waals surface area contributed by atoms with Crippen LogP contribution in [-0.2, 0) is 9.53 Å². The molecule has 0 fully saturated rings. The molecule has 6 nitrogen and oxygen atoms in total. The van der Waals surface area contributed by atoms with Crippen LogP contribution in [0.4, 0.5) is 0 Å². The van der Waals surface area contributed by atoms with Gasteiger partial charge in [0.25, 0.3) is 0 Å². The molecule has 3 aromatic rings. The smallest absolute Gasteiger partial charge is 0.363 e. The van der Waals surface area contributed by atoms with Crippen LogP contribution < -0.4 is 9.47 Å². The van der Waals surface area contributed by atoms with Crippen LogP contribution in [0.25, 0.3) is 6.08 Å². The average molecular weight is 574 g/mol. The van der Waals surface area contributed by atoms with Gasteiger partial charge < -0.3 is 14.2 Å². The van der Waals surface area contributed by atoms with E-state index >= 15 is 0 Å². The monoisotopic (exact) mass is 573 g/mol. The number of aryl methyl sites for hydroxylation is 1. The number of cyclic esters (lactones) is 1. The van der Waals surface area contributed by atoms with Crippen LogP contribution in [0.5, 0.6) is 11.5 Å². The first kappa shape index (κ1) is 23.0. The molecule has 8 heteroatoms. The molecular formula is C25H17ClINO5. The van der Waals surface area contributed by atoms with Gasteiger partial charge in [-0.15, -0.1) is 0 Å². The molecule has 1 aliphatic heterocycles. The molecule has 166 valence electrons. The number of hydrogen-bond acceptors (Lipinski definition) is 6. The molecule has 0 amide bonds. The van der Waals surface area contributed by atoms with E-state index in [0.29, 0.717) is 16.3 Å². The van der Waals surface area contributed by atoms with Crippen molar-refractivity contribution in [2.75, 3.05) is 7.11 Å². The van der Waals surface area contributed by atoms with Crippen LogP contribution in [0.3, 0.4) is 0 Å². The summed E-state index contributed by atoms with van der Waals surface area (Å²) in [5.41, 5.74) is 2.82. The highest BCUT2D eigenvalue weighted by Crippen LogP contribution is 2.31. The van der Waals surface area contributed by atoms with E-state index in [-0.39, 0.29) is 22.9 Å². The van der Waals surface area contributed by atoms with Crippen molar-refractivity contribution in [1.82, 2.24) is 0 Å². The van der Waals surface area contributed by atoms with Crippen molar-refractivity contribution < 1.29 is 23.8 Å². The summed E-state index contributed by atoms with van der Waals surface area (Å²) in [6.07, 6.45) is 1.58. The lowest BCUT2D eigenvalue weighted by molar-refractivity contribution is -0.129. The van der Waals surface area contributed by atoms with E-state index in [9.17, 15) is 9.59 Å². The Morgan fingerprint density at radius 1 is 1.09 bits per heavy atom. The van der Waals surface area contributed by atoms with Crippen LogP contribution in [0.1, 0.15) is 27.0 Å². The summed E-state index contributed by atoms with van der Waals surface area (Å²) in [5, 5.41) is 0.291. The predicted octanol–water partition coefficient (Wildman–Crippen LogP) is 5.83. The third-order valence-corrected chi connectivity index (χ3v) is 6.35. The first-order valence-electron chi connectivity index (χ1n) is 9.79. The van der Waals surface area contributed by atoms with Gasteiger partial charge in [-0.05, 0) is 89.2 Å². The predicted molar refractivity (Wildman–Crippen MR) is 134 cm³/mol. The number of aliphatic imine (C=N–C) groups is 1. The summed E-state index contributed by atoms with van der Waals surface area (Å²) in [5.74, 6) is -0.366. The fraction of sp³-hybridized carbons (Fsp3) is 0.0800. The maximum absolute atomic E-state index is 12.5. The van der Waals surface area contributed by atoms with Crippen LogP contribution >= 0.6 is 34.2 Å². The van der Waals surface area contributed by atoms with E-state index in [0.717, 1.165) is 14.7 Å². The van der Waals surface area contributed by atoms with Gasteiger partial charge >= 0.3 is 11.9 Å². The van der Waals surface area contributed by atoms with Gasteiger partial charge in [-0.1, -0.05) is 29.8 Å². The number of halogens is 2. The molecule has 0 unspecified atom stereocenters. The Bertz CT molecular complexity index is 1330. The van der Waals surface area contributed by atoms with Gasteiger partial charge in [0.15, 0.2) is 17.2 Å². The number of nitrogens with zero attached hydrogens (tertiary/aromatic N) is 1. The molecule has 0 aliphatic carbocycles. The maximum atomic E-state index is 12.5. The highest BCUT2D eigenvalue weighted by atomic mass is 127. The second-order valence-corrected chi connectivity index (χ2v) is 8.65. The highest BCUT2D eigenvalue weighted by molar-refractivity contribution is 14.1. The van der Waals surface area contributed by atoms with E-state index in [1.165, 1.54) is 7.11 Å². The van der Waals surface area contributed by atoms with Gasteiger partial charge in [-0.2, -0.15) is 0 Å². The Morgan fingerprint density at radius 3 is 2.61 bits per heavy atom. The Morgan fingerprint density at radius 2 is 1.88 bits per heavy atom. The minimum absolute atomic E-state index is 0.157. The quantitative estimate of drug-likeness (QED) is 0.166. The van der Waals surface area contributed by atoms with Crippen molar-refractivity contribution in [3.05, 3.63) is 97.2 Å². The lowest BCUT2D eigenvalue weighted by Crippen LogP contribution is -2.09. The third-order valence-electron chi connectivity index (χ3n) is 4.81. The normalized spacial score (nSPS) is 14.1. The van der Waals surface area contributed by atoms with Crippen molar-refractivity contribution in [3.63, 3.8) is 0 Å². The molecule has 1 heterocycles. The summed E-state index contributed by atoms with van der Waals surface area (Å²) in [6, 6.07) is 17.2. The van der Waals surface area contributed by atoms with Crippen molar-refractivity contribution in [1.29, 1.82) is 0 Å². The molecule has 4 rings (SSSR count). The summed E-state index contributed by atoms with van der Waals surface area (Å²) in [7, 11) is 1.46. The van der Waals surface area contributed by atoms with Gasteiger partial charge in [0.2, 0.25) is 5.90 Å². The molecular weight excluding hydrogens is 557 g/mol.